The average molecular weight is 220 g/mol. The van der Waals surface area contributed by atoms with Crippen LogP contribution in [-0.4, -0.2) is 17.6 Å². The second-order valence-electron chi connectivity index (χ2n) is 1.52. The van der Waals surface area contributed by atoms with Gasteiger partial charge in [-0.25, -0.2) is 0 Å². The smallest absolute Gasteiger partial charge is 0.278 e. The third kappa shape index (κ3) is 3.97. The quantitative estimate of drug-likeness (QED) is 0.430. The minimum atomic E-state index is -3.88. The van der Waals surface area contributed by atoms with Crippen LogP contribution < -0.4 is 0 Å². The van der Waals surface area contributed by atoms with Crippen LogP contribution in [0.4, 0.5) is 0 Å². The van der Waals surface area contributed by atoms with Gasteiger partial charge in [-0.05, 0) is 16.2 Å². The van der Waals surface area contributed by atoms with E-state index in [-0.39, 0.29) is 0 Å². The van der Waals surface area contributed by atoms with E-state index in [1.165, 1.54) is 0 Å². The summed E-state index contributed by atoms with van der Waals surface area (Å²) < 4.78 is 28.6. The summed E-state index contributed by atoms with van der Waals surface area (Å²) in [5.41, 5.74) is 0. The fourth-order valence-corrected chi connectivity index (χ4v) is 4.83. The summed E-state index contributed by atoms with van der Waals surface area (Å²) in [6.45, 7) is 1.69. The Morgan fingerprint density at radius 2 is 2.20 bits per heavy atom. The van der Waals surface area contributed by atoms with E-state index in [4.69, 9.17) is 4.55 Å². The van der Waals surface area contributed by atoms with E-state index < -0.39 is 14.7 Å². The standard InChI is InChI=1S/C3H8O3S4/c1-2-3(8-9-7)10(4,5)6/h3,7H,2H2,1H3,(H,4,5,6). The minimum Gasteiger partial charge on any atom is -0.285 e. The molecule has 0 saturated heterocycles. The lowest BCUT2D eigenvalue weighted by Crippen LogP contribution is -2.13. The molecule has 0 aliphatic heterocycles. The monoisotopic (exact) mass is 220 g/mol. The Labute approximate surface area is 73.3 Å². The Morgan fingerprint density at radius 3 is 2.30 bits per heavy atom. The van der Waals surface area contributed by atoms with Crippen LogP contribution in [0.15, 0.2) is 0 Å². The fraction of sp³-hybridized carbons (Fsp3) is 1.00. The van der Waals surface area contributed by atoms with E-state index in [0.29, 0.717) is 6.42 Å². The first-order valence-corrected chi connectivity index (χ1v) is 7.22. The van der Waals surface area contributed by atoms with Crippen molar-refractivity contribution in [2.45, 2.75) is 17.9 Å². The zero-order valence-corrected chi connectivity index (χ0v) is 8.56. The van der Waals surface area contributed by atoms with Crippen LogP contribution in [0.2, 0.25) is 0 Å². The van der Waals surface area contributed by atoms with Crippen molar-refractivity contribution in [1.82, 2.24) is 0 Å². The van der Waals surface area contributed by atoms with Gasteiger partial charge < -0.3 is 0 Å². The molecule has 0 saturated carbocycles. The molecule has 0 radical (unpaired) electrons. The van der Waals surface area contributed by atoms with Crippen LogP contribution in [0.25, 0.3) is 0 Å². The zero-order chi connectivity index (χ0) is 8.20. The molecule has 0 aliphatic rings. The van der Waals surface area contributed by atoms with E-state index >= 15 is 0 Å². The summed E-state index contributed by atoms with van der Waals surface area (Å²) in [5, 5.41) is 0. The molecule has 0 fully saturated rings. The highest BCUT2D eigenvalue weighted by molar-refractivity contribution is 9.06. The van der Waals surface area contributed by atoms with Gasteiger partial charge in [0.1, 0.15) is 4.58 Å². The summed E-state index contributed by atoms with van der Waals surface area (Å²) in [6.07, 6.45) is 0.386. The van der Waals surface area contributed by atoms with Gasteiger partial charge in [0, 0.05) is 0 Å². The van der Waals surface area contributed by atoms with Crippen molar-refractivity contribution < 1.29 is 13.0 Å². The largest absolute Gasteiger partial charge is 0.285 e. The zero-order valence-electron chi connectivity index (χ0n) is 5.22. The predicted molar refractivity (Wildman–Crippen MR) is 49.8 cm³/mol. The summed E-state index contributed by atoms with van der Waals surface area (Å²) >= 11 is 3.75. The molecule has 1 atom stereocenters. The molecular formula is C3H8O3S4. The van der Waals surface area contributed by atoms with E-state index in [2.05, 4.69) is 11.7 Å². The first-order valence-electron chi connectivity index (χ1n) is 2.45. The molecule has 10 heavy (non-hydrogen) atoms. The third-order valence-electron chi connectivity index (χ3n) is 0.816. The highest BCUT2D eigenvalue weighted by Crippen LogP contribution is 2.33. The van der Waals surface area contributed by atoms with E-state index in [0.717, 1.165) is 20.6 Å². The number of thiol groups is 1. The van der Waals surface area contributed by atoms with Gasteiger partial charge in [0.15, 0.2) is 0 Å². The lowest BCUT2D eigenvalue weighted by molar-refractivity contribution is 0.479. The van der Waals surface area contributed by atoms with Crippen molar-refractivity contribution in [2.24, 2.45) is 0 Å². The molecule has 0 heterocycles. The molecular weight excluding hydrogens is 212 g/mol. The molecule has 0 rings (SSSR count). The normalized spacial score (nSPS) is 15.1. The van der Waals surface area contributed by atoms with Crippen molar-refractivity contribution in [1.29, 1.82) is 0 Å². The van der Waals surface area contributed by atoms with E-state index in [1.54, 1.807) is 6.92 Å². The van der Waals surface area contributed by atoms with Crippen molar-refractivity contribution in [2.75, 3.05) is 0 Å². The molecule has 3 nitrogen and oxygen atoms in total. The fourth-order valence-electron chi connectivity index (χ4n) is 0.376. The maximum atomic E-state index is 10.4. The maximum Gasteiger partial charge on any atom is 0.278 e. The first kappa shape index (κ1) is 11.0. The second-order valence-corrected chi connectivity index (χ2v) is 6.70. The van der Waals surface area contributed by atoms with E-state index in [9.17, 15) is 8.42 Å². The number of hydrogen-bond acceptors (Lipinski definition) is 5. The Kier molecular flexibility index (Phi) is 5.22. The summed E-state index contributed by atoms with van der Waals surface area (Å²) in [6, 6.07) is 0. The number of rotatable bonds is 4. The molecule has 0 aromatic rings. The maximum absolute atomic E-state index is 10.4. The van der Waals surface area contributed by atoms with Crippen molar-refractivity contribution in [3.05, 3.63) is 0 Å². The van der Waals surface area contributed by atoms with Gasteiger partial charge in [0.05, 0.1) is 0 Å². The highest BCUT2D eigenvalue weighted by Gasteiger charge is 2.20. The van der Waals surface area contributed by atoms with Crippen molar-refractivity contribution >= 4 is 42.4 Å². The average Bonchev–Trinajstić information content (AvgIpc) is 1.80. The molecule has 1 unspecified atom stereocenters. The van der Waals surface area contributed by atoms with Crippen LogP contribution in [0.3, 0.4) is 0 Å². The SMILES string of the molecule is CCC(SSS)S(=O)(=O)O. The van der Waals surface area contributed by atoms with E-state index in [1.807, 2.05) is 0 Å². The molecule has 0 aromatic heterocycles. The Morgan fingerprint density at radius 1 is 1.70 bits per heavy atom. The third-order valence-corrected chi connectivity index (χ3v) is 5.56. The van der Waals surface area contributed by atoms with Crippen LogP contribution in [0, 0.1) is 0 Å². The molecule has 0 amide bonds. The first-order chi connectivity index (χ1) is 4.52. The molecule has 0 aromatic carbocycles. The summed E-state index contributed by atoms with van der Waals surface area (Å²) in [4.78, 5) is 0. The van der Waals surface area contributed by atoms with Gasteiger partial charge in [-0.15, -0.1) is 0 Å². The van der Waals surface area contributed by atoms with Crippen molar-refractivity contribution in [3.8, 4) is 0 Å². The second kappa shape index (κ2) is 4.76. The Bertz CT molecular complexity index is 174. The van der Waals surface area contributed by atoms with Gasteiger partial charge in [0.2, 0.25) is 0 Å². The summed E-state index contributed by atoms with van der Waals surface area (Å²) in [5.74, 6) is 0. The Hall–Kier alpha value is 0.960. The molecule has 7 heteroatoms. The van der Waals surface area contributed by atoms with Gasteiger partial charge in [-0.1, -0.05) is 29.4 Å². The number of hydrogen-bond donors (Lipinski definition) is 2. The lowest BCUT2D eigenvalue weighted by atomic mass is 10.6. The minimum absolute atomic E-state index is 0.386. The van der Waals surface area contributed by atoms with Crippen LogP contribution >= 0.6 is 32.3 Å². The van der Waals surface area contributed by atoms with Crippen molar-refractivity contribution in [3.63, 3.8) is 0 Å². The molecule has 1 N–H and O–H groups in total. The highest BCUT2D eigenvalue weighted by atomic mass is 33.5. The Balaban J connectivity index is 4.08. The van der Waals surface area contributed by atoms with Gasteiger partial charge in [0.25, 0.3) is 10.1 Å². The topological polar surface area (TPSA) is 54.4 Å². The van der Waals surface area contributed by atoms with Crippen LogP contribution in [0.1, 0.15) is 13.3 Å². The molecule has 0 bridgehead atoms. The van der Waals surface area contributed by atoms with Gasteiger partial charge in [-0.3, -0.25) is 4.55 Å². The van der Waals surface area contributed by atoms with Gasteiger partial charge >= 0.3 is 0 Å². The summed E-state index contributed by atoms with van der Waals surface area (Å²) in [7, 11) is -1.82. The predicted octanol–water partition coefficient (Wildman–Crippen LogP) is 1.84. The van der Waals surface area contributed by atoms with Crippen LogP contribution in [0.5, 0.6) is 0 Å². The van der Waals surface area contributed by atoms with Crippen LogP contribution in [-0.2, 0) is 10.1 Å². The molecule has 62 valence electrons. The van der Waals surface area contributed by atoms with Gasteiger partial charge in [-0.2, -0.15) is 8.42 Å². The molecule has 0 spiro atoms. The lowest BCUT2D eigenvalue weighted by Gasteiger charge is -2.06. The molecule has 0 aliphatic carbocycles.